The van der Waals surface area contributed by atoms with Crippen LogP contribution in [0.4, 0.5) is 0 Å². The van der Waals surface area contributed by atoms with E-state index < -0.39 is 5.97 Å². The molecule has 0 unspecified atom stereocenters. The van der Waals surface area contributed by atoms with Gasteiger partial charge in [0.25, 0.3) is 0 Å². The Morgan fingerprint density at radius 3 is 2.58 bits per heavy atom. The molecule has 26 heavy (non-hydrogen) atoms. The Morgan fingerprint density at radius 2 is 1.81 bits per heavy atom. The third-order valence-electron chi connectivity index (χ3n) is 5.19. The van der Waals surface area contributed by atoms with Crippen LogP contribution in [0.1, 0.15) is 34.1 Å². The van der Waals surface area contributed by atoms with Gasteiger partial charge in [-0.2, -0.15) is 0 Å². The van der Waals surface area contributed by atoms with Crippen molar-refractivity contribution in [3.05, 3.63) is 70.9 Å². The number of amides is 1. The second-order valence-electron chi connectivity index (χ2n) is 6.68. The van der Waals surface area contributed by atoms with Crippen LogP contribution in [0.5, 0.6) is 0 Å². The largest absolute Gasteiger partial charge is 0.478 e. The fourth-order valence-electron chi connectivity index (χ4n) is 3.88. The van der Waals surface area contributed by atoms with Crippen molar-refractivity contribution < 1.29 is 14.7 Å². The lowest BCUT2D eigenvalue weighted by Crippen LogP contribution is -2.35. The second-order valence-corrected chi connectivity index (χ2v) is 6.68. The van der Waals surface area contributed by atoms with Crippen LogP contribution in [-0.4, -0.2) is 33.0 Å². The number of carboxylic acids is 1. The number of nitrogens with zero attached hydrogens (tertiary/aromatic N) is 2. The van der Waals surface area contributed by atoms with Gasteiger partial charge in [-0.3, -0.25) is 4.79 Å². The molecule has 0 spiro atoms. The zero-order valence-electron chi connectivity index (χ0n) is 14.6. The normalized spacial score (nSPS) is 13.7. The number of aromatic carboxylic acids is 1. The zero-order valence-corrected chi connectivity index (χ0v) is 14.6. The van der Waals surface area contributed by atoms with Crippen molar-refractivity contribution in [3.8, 4) is 0 Å². The first-order valence-corrected chi connectivity index (χ1v) is 8.72. The number of rotatable bonds is 3. The van der Waals surface area contributed by atoms with Gasteiger partial charge in [0, 0.05) is 36.6 Å². The first kappa shape index (κ1) is 16.4. The van der Waals surface area contributed by atoms with Crippen molar-refractivity contribution in [1.82, 2.24) is 9.47 Å². The van der Waals surface area contributed by atoms with Gasteiger partial charge in [-0.25, -0.2) is 4.79 Å². The van der Waals surface area contributed by atoms with Crippen LogP contribution >= 0.6 is 0 Å². The highest BCUT2D eigenvalue weighted by atomic mass is 16.4. The standard InChI is InChI=1S/C21H20N2O3/c1-14(24)22-11-10-18-17-8-4-5-9-19(17)23(20(18)13-22)12-15-6-2-3-7-16(15)21(25)26/h2-9H,10-13H2,1H3,(H,25,26). The lowest BCUT2D eigenvalue weighted by molar-refractivity contribution is -0.129. The smallest absolute Gasteiger partial charge is 0.336 e. The molecule has 2 heterocycles. The van der Waals surface area contributed by atoms with E-state index in [0.29, 0.717) is 18.7 Å². The van der Waals surface area contributed by atoms with E-state index in [4.69, 9.17) is 0 Å². The molecule has 0 atom stereocenters. The fourth-order valence-corrected chi connectivity index (χ4v) is 3.88. The van der Waals surface area contributed by atoms with E-state index in [1.165, 1.54) is 10.9 Å². The van der Waals surface area contributed by atoms with Gasteiger partial charge in [0.1, 0.15) is 0 Å². The minimum Gasteiger partial charge on any atom is -0.478 e. The summed E-state index contributed by atoms with van der Waals surface area (Å²) < 4.78 is 2.17. The number of hydrogen-bond donors (Lipinski definition) is 1. The number of carboxylic acid groups (broad SMARTS) is 1. The van der Waals surface area contributed by atoms with Gasteiger partial charge in [0.2, 0.25) is 5.91 Å². The van der Waals surface area contributed by atoms with Gasteiger partial charge in [-0.15, -0.1) is 0 Å². The highest BCUT2D eigenvalue weighted by Crippen LogP contribution is 2.32. The summed E-state index contributed by atoms with van der Waals surface area (Å²) in [5.74, 6) is -0.852. The summed E-state index contributed by atoms with van der Waals surface area (Å²) in [6, 6.07) is 15.3. The van der Waals surface area contributed by atoms with Gasteiger partial charge in [-0.05, 0) is 29.7 Å². The van der Waals surface area contributed by atoms with Crippen molar-refractivity contribution in [2.24, 2.45) is 0 Å². The lowest BCUT2D eigenvalue weighted by Gasteiger charge is -2.27. The molecular formula is C21H20N2O3. The van der Waals surface area contributed by atoms with E-state index in [-0.39, 0.29) is 5.91 Å². The van der Waals surface area contributed by atoms with Crippen LogP contribution in [0.2, 0.25) is 0 Å². The molecule has 1 amide bonds. The average Bonchev–Trinajstić information content (AvgIpc) is 2.95. The molecule has 1 aliphatic heterocycles. The maximum absolute atomic E-state index is 11.9. The van der Waals surface area contributed by atoms with E-state index in [1.807, 2.05) is 29.2 Å². The lowest BCUT2D eigenvalue weighted by atomic mass is 10.0. The number of aromatic nitrogens is 1. The summed E-state index contributed by atoms with van der Waals surface area (Å²) in [7, 11) is 0. The molecule has 0 radical (unpaired) electrons. The van der Waals surface area contributed by atoms with E-state index in [2.05, 4.69) is 16.7 Å². The SMILES string of the molecule is CC(=O)N1CCc2c(n(Cc3ccccc3C(=O)O)c3ccccc23)C1. The molecule has 132 valence electrons. The third-order valence-corrected chi connectivity index (χ3v) is 5.19. The highest BCUT2D eigenvalue weighted by molar-refractivity contribution is 5.90. The first-order chi connectivity index (χ1) is 12.6. The van der Waals surface area contributed by atoms with Gasteiger partial charge in [0.15, 0.2) is 0 Å². The molecule has 1 aromatic heterocycles. The van der Waals surface area contributed by atoms with Crippen molar-refractivity contribution in [2.75, 3.05) is 6.54 Å². The Labute approximate surface area is 151 Å². The van der Waals surface area contributed by atoms with Crippen LogP contribution in [0.3, 0.4) is 0 Å². The number of carbonyl (C=O) groups is 2. The van der Waals surface area contributed by atoms with Crippen molar-refractivity contribution in [2.45, 2.75) is 26.4 Å². The van der Waals surface area contributed by atoms with Crippen LogP contribution in [-0.2, 0) is 24.3 Å². The molecule has 1 N–H and O–H groups in total. The minimum atomic E-state index is -0.920. The maximum atomic E-state index is 11.9. The topological polar surface area (TPSA) is 62.5 Å². The maximum Gasteiger partial charge on any atom is 0.336 e. The van der Waals surface area contributed by atoms with Gasteiger partial charge >= 0.3 is 5.97 Å². The second kappa shape index (κ2) is 6.33. The fraction of sp³-hybridized carbons (Fsp3) is 0.238. The average molecular weight is 348 g/mol. The number of benzene rings is 2. The highest BCUT2D eigenvalue weighted by Gasteiger charge is 2.25. The minimum absolute atomic E-state index is 0.0680. The molecule has 2 aromatic carbocycles. The Kier molecular flexibility index (Phi) is 3.99. The predicted molar refractivity (Wildman–Crippen MR) is 99.2 cm³/mol. The van der Waals surface area contributed by atoms with Crippen molar-refractivity contribution in [1.29, 1.82) is 0 Å². The molecule has 4 rings (SSSR count). The van der Waals surface area contributed by atoms with E-state index in [0.717, 1.165) is 29.7 Å². The third kappa shape index (κ3) is 2.65. The van der Waals surface area contributed by atoms with Crippen LogP contribution in [0.15, 0.2) is 48.5 Å². The molecule has 1 aliphatic rings. The molecule has 0 saturated heterocycles. The monoisotopic (exact) mass is 348 g/mol. The zero-order chi connectivity index (χ0) is 18.3. The summed E-state index contributed by atoms with van der Waals surface area (Å²) in [6.07, 6.45) is 0.822. The van der Waals surface area contributed by atoms with E-state index in [9.17, 15) is 14.7 Å². The summed E-state index contributed by atoms with van der Waals surface area (Å²) >= 11 is 0. The van der Waals surface area contributed by atoms with Crippen LogP contribution < -0.4 is 0 Å². The Balaban J connectivity index is 1.87. The number of fused-ring (bicyclic) bond motifs is 3. The molecule has 3 aromatic rings. The summed E-state index contributed by atoms with van der Waals surface area (Å²) in [4.78, 5) is 25.3. The van der Waals surface area contributed by atoms with E-state index in [1.54, 1.807) is 19.1 Å². The van der Waals surface area contributed by atoms with Gasteiger partial charge < -0.3 is 14.6 Å². The Morgan fingerprint density at radius 1 is 1.08 bits per heavy atom. The van der Waals surface area contributed by atoms with Gasteiger partial charge in [0.05, 0.1) is 12.1 Å². The number of para-hydroxylation sites is 1. The quantitative estimate of drug-likeness (QED) is 0.790. The van der Waals surface area contributed by atoms with E-state index >= 15 is 0 Å². The molecular weight excluding hydrogens is 328 g/mol. The summed E-state index contributed by atoms with van der Waals surface area (Å²) in [6.45, 7) is 3.36. The van der Waals surface area contributed by atoms with Crippen LogP contribution in [0, 0.1) is 0 Å². The first-order valence-electron chi connectivity index (χ1n) is 8.72. The van der Waals surface area contributed by atoms with Crippen LogP contribution in [0.25, 0.3) is 10.9 Å². The molecule has 0 aliphatic carbocycles. The molecule has 0 bridgehead atoms. The Bertz CT molecular complexity index is 1020. The molecule has 5 heteroatoms. The van der Waals surface area contributed by atoms with Gasteiger partial charge in [-0.1, -0.05) is 36.4 Å². The Hall–Kier alpha value is -3.08. The summed E-state index contributed by atoms with van der Waals surface area (Å²) in [5.41, 5.74) is 4.55. The predicted octanol–water partition coefficient (Wildman–Crippen LogP) is 3.29. The van der Waals surface area contributed by atoms with Crippen molar-refractivity contribution in [3.63, 3.8) is 0 Å². The number of hydrogen-bond acceptors (Lipinski definition) is 2. The van der Waals surface area contributed by atoms with Crippen molar-refractivity contribution >= 4 is 22.8 Å². The molecule has 5 nitrogen and oxygen atoms in total. The molecule has 0 saturated carbocycles. The molecule has 0 fully saturated rings. The number of carbonyl (C=O) groups excluding carboxylic acids is 1. The summed E-state index contributed by atoms with van der Waals surface area (Å²) in [5, 5.41) is 10.7.